The Morgan fingerprint density at radius 2 is 1.77 bits per heavy atom. The van der Waals surface area contributed by atoms with E-state index < -0.39 is 23.9 Å². The fourth-order valence-electron chi connectivity index (χ4n) is 3.33. The van der Waals surface area contributed by atoms with Gasteiger partial charge in [-0.25, -0.2) is 0 Å². The number of amides is 2. The quantitative estimate of drug-likeness (QED) is 0.562. The van der Waals surface area contributed by atoms with Crippen LogP contribution in [0.3, 0.4) is 0 Å². The highest BCUT2D eigenvalue weighted by molar-refractivity contribution is 6.01. The minimum atomic E-state index is -0.911. The topological polar surface area (TPSA) is 92.8 Å². The Hall–Kier alpha value is -3.48. The molecule has 156 valence electrons. The molecular weight excluding hydrogens is 384 g/mol. The largest absolute Gasteiger partial charge is 0.454 e. The van der Waals surface area contributed by atoms with Gasteiger partial charge in [-0.05, 0) is 25.0 Å². The zero-order chi connectivity index (χ0) is 21.7. The maximum atomic E-state index is 12.6. The highest BCUT2D eigenvalue weighted by atomic mass is 16.5. The van der Waals surface area contributed by atoms with Gasteiger partial charge in [-0.15, -0.1) is 0 Å². The first-order chi connectivity index (χ1) is 14.4. The van der Waals surface area contributed by atoms with E-state index in [9.17, 15) is 19.2 Å². The van der Waals surface area contributed by atoms with Crippen molar-refractivity contribution in [1.29, 1.82) is 0 Å². The monoisotopic (exact) mass is 408 g/mol. The standard InChI is InChI=1S/C23H24N2O5/c1-3-19(21(27)16-10-5-4-6-11-16)30-23(29)17-13-20(26)25(14-17)24-22(28)18-12-8-7-9-15(18)2/h4-12,17,19H,3,13-14H2,1-2H3,(H,24,28). The fourth-order valence-corrected chi connectivity index (χ4v) is 3.33. The Balaban J connectivity index is 1.61. The second kappa shape index (κ2) is 9.35. The van der Waals surface area contributed by atoms with Crippen molar-refractivity contribution < 1.29 is 23.9 Å². The number of nitrogens with one attached hydrogen (secondary N) is 1. The van der Waals surface area contributed by atoms with E-state index in [0.717, 1.165) is 10.6 Å². The number of aryl methyl sites for hydroxylation is 1. The van der Waals surface area contributed by atoms with Crippen LogP contribution in [-0.4, -0.2) is 41.2 Å². The van der Waals surface area contributed by atoms with Crippen molar-refractivity contribution in [3.05, 3.63) is 71.3 Å². The number of carbonyl (C=O) groups excluding carboxylic acids is 4. The summed E-state index contributed by atoms with van der Waals surface area (Å²) in [6.45, 7) is 3.56. The number of hydrazine groups is 1. The van der Waals surface area contributed by atoms with E-state index in [1.54, 1.807) is 62.4 Å². The Morgan fingerprint density at radius 1 is 1.10 bits per heavy atom. The summed E-state index contributed by atoms with van der Waals surface area (Å²) in [6, 6.07) is 15.6. The summed E-state index contributed by atoms with van der Waals surface area (Å²) in [5.41, 5.74) is 4.26. The molecule has 3 rings (SSSR count). The molecule has 1 aliphatic rings. The van der Waals surface area contributed by atoms with E-state index in [4.69, 9.17) is 4.74 Å². The molecule has 1 aliphatic heterocycles. The second-order valence-electron chi connectivity index (χ2n) is 7.23. The number of ether oxygens (including phenoxy) is 1. The van der Waals surface area contributed by atoms with Crippen LogP contribution in [0.4, 0.5) is 0 Å². The summed E-state index contributed by atoms with van der Waals surface area (Å²) < 4.78 is 5.43. The molecule has 1 saturated heterocycles. The molecule has 1 heterocycles. The number of nitrogens with zero attached hydrogens (tertiary/aromatic N) is 1. The number of hydrogen-bond donors (Lipinski definition) is 1. The molecule has 0 spiro atoms. The van der Waals surface area contributed by atoms with Crippen molar-refractivity contribution in [2.24, 2.45) is 5.92 Å². The van der Waals surface area contributed by atoms with Crippen LogP contribution in [0, 0.1) is 12.8 Å². The molecule has 7 nitrogen and oxygen atoms in total. The summed E-state index contributed by atoms with van der Waals surface area (Å²) in [5, 5.41) is 1.14. The van der Waals surface area contributed by atoms with Crippen molar-refractivity contribution >= 4 is 23.6 Å². The van der Waals surface area contributed by atoms with Gasteiger partial charge in [0.2, 0.25) is 11.7 Å². The molecule has 2 aromatic carbocycles. The van der Waals surface area contributed by atoms with Crippen molar-refractivity contribution in [3.8, 4) is 0 Å². The SMILES string of the molecule is CCC(OC(=O)C1CC(=O)N(NC(=O)c2ccccc2C)C1)C(=O)c1ccccc1. The predicted molar refractivity (Wildman–Crippen MR) is 109 cm³/mol. The number of rotatable bonds is 7. The molecule has 2 aromatic rings. The van der Waals surface area contributed by atoms with E-state index in [-0.39, 0.29) is 24.7 Å². The van der Waals surface area contributed by atoms with Crippen molar-refractivity contribution in [2.45, 2.75) is 32.8 Å². The molecule has 1 fully saturated rings. The number of ketones is 1. The van der Waals surface area contributed by atoms with E-state index in [1.807, 2.05) is 6.07 Å². The maximum Gasteiger partial charge on any atom is 0.312 e. The number of hydrogen-bond acceptors (Lipinski definition) is 5. The molecule has 0 saturated carbocycles. The van der Waals surface area contributed by atoms with Gasteiger partial charge < -0.3 is 4.74 Å². The van der Waals surface area contributed by atoms with E-state index in [2.05, 4.69) is 5.43 Å². The molecule has 0 radical (unpaired) electrons. The van der Waals surface area contributed by atoms with Crippen LogP contribution in [-0.2, 0) is 14.3 Å². The lowest BCUT2D eigenvalue weighted by Gasteiger charge is -2.19. The number of carbonyl (C=O) groups is 4. The summed E-state index contributed by atoms with van der Waals surface area (Å²) >= 11 is 0. The number of esters is 1. The average molecular weight is 408 g/mol. The van der Waals surface area contributed by atoms with Crippen LogP contribution in [0.1, 0.15) is 46.0 Å². The van der Waals surface area contributed by atoms with Gasteiger partial charge in [-0.3, -0.25) is 29.6 Å². The molecule has 7 heteroatoms. The minimum Gasteiger partial charge on any atom is -0.454 e. The predicted octanol–water partition coefficient (Wildman–Crippen LogP) is 2.69. The van der Waals surface area contributed by atoms with Crippen LogP contribution in [0.2, 0.25) is 0 Å². The van der Waals surface area contributed by atoms with Crippen molar-refractivity contribution in [3.63, 3.8) is 0 Å². The van der Waals surface area contributed by atoms with Gasteiger partial charge >= 0.3 is 5.97 Å². The van der Waals surface area contributed by atoms with Gasteiger partial charge in [0.15, 0.2) is 6.10 Å². The Labute approximate surface area is 175 Å². The molecule has 1 N–H and O–H groups in total. The van der Waals surface area contributed by atoms with Crippen LogP contribution < -0.4 is 5.43 Å². The smallest absolute Gasteiger partial charge is 0.312 e. The number of Topliss-reactive ketones (excluding diaryl/α,β-unsaturated/α-hetero) is 1. The average Bonchev–Trinajstić information content (AvgIpc) is 3.12. The van der Waals surface area contributed by atoms with E-state index >= 15 is 0 Å². The van der Waals surface area contributed by atoms with Gasteiger partial charge in [0.25, 0.3) is 5.91 Å². The Morgan fingerprint density at radius 3 is 2.43 bits per heavy atom. The first kappa shape index (κ1) is 21.2. The molecule has 2 amide bonds. The molecule has 0 aliphatic carbocycles. The second-order valence-corrected chi connectivity index (χ2v) is 7.23. The highest BCUT2D eigenvalue weighted by Gasteiger charge is 2.38. The Kier molecular flexibility index (Phi) is 6.61. The summed E-state index contributed by atoms with van der Waals surface area (Å²) in [4.78, 5) is 49.9. The zero-order valence-electron chi connectivity index (χ0n) is 17.0. The highest BCUT2D eigenvalue weighted by Crippen LogP contribution is 2.20. The van der Waals surface area contributed by atoms with Crippen molar-refractivity contribution in [1.82, 2.24) is 10.4 Å². The first-order valence-corrected chi connectivity index (χ1v) is 9.87. The van der Waals surface area contributed by atoms with Gasteiger partial charge in [0, 0.05) is 17.5 Å². The van der Waals surface area contributed by atoms with Gasteiger partial charge in [0.1, 0.15) is 0 Å². The molecule has 0 aromatic heterocycles. The molecular formula is C23H24N2O5. The maximum absolute atomic E-state index is 12.6. The zero-order valence-corrected chi connectivity index (χ0v) is 17.0. The molecule has 2 unspecified atom stereocenters. The van der Waals surface area contributed by atoms with Gasteiger partial charge in [-0.1, -0.05) is 55.5 Å². The third kappa shape index (κ3) is 4.74. The summed E-state index contributed by atoms with van der Waals surface area (Å²) in [5.74, 6) is -2.43. The third-order valence-electron chi connectivity index (χ3n) is 5.06. The lowest BCUT2D eigenvalue weighted by atomic mass is 10.0. The first-order valence-electron chi connectivity index (χ1n) is 9.87. The third-order valence-corrected chi connectivity index (χ3v) is 5.06. The van der Waals surface area contributed by atoms with E-state index in [0.29, 0.717) is 17.5 Å². The van der Waals surface area contributed by atoms with Crippen LogP contribution in [0.15, 0.2) is 54.6 Å². The lowest BCUT2D eigenvalue weighted by molar-refractivity contribution is -0.151. The summed E-state index contributed by atoms with van der Waals surface area (Å²) in [6.07, 6.45) is -0.665. The molecule has 0 bridgehead atoms. The molecule has 30 heavy (non-hydrogen) atoms. The Bertz CT molecular complexity index is 957. The van der Waals surface area contributed by atoms with Crippen LogP contribution in [0.5, 0.6) is 0 Å². The number of benzene rings is 2. The van der Waals surface area contributed by atoms with Crippen LogP contribution in [0.25, 0.3) is 0 Å². The van der Waals surface area contributed by atoms with E-state index in [1.165, 1.54) is 0 Å². The normalized spacial score (nSPS) is 16.8. The lowest BCUT2D eigenvalue weighted by Crippen LogP contribution is -2.43. The van der Waals surface area contributed by atoms with Gasteiger partial charge in [0.05, 0.1) is 12.5 Å². The summed E-state index contributed by atoms with van der Waals surface area (Å²) in [7, 11) is 0. The van der Waals surface area contributed by atoms with Crippen molar-refractivity contribution in [2.75, 3.05) is 6.54 Å². The molecule has 2 atom stereocenters. The minimum absolute atomic E-state index is 0.00521. The van der Waals surface area contributed by atoms with Crippen LogP contribution >= 0.6 is 0 Å². The van der Waals surface area contributed by atoms with Gasteiger partial charge in [-0.2, -0.15) is 0 Å². The fraction of sp³-hybridized carbons (Fsp3) is 0.304.